The SMILES string of the molecule is CC(C)(C)CCCOC(=O)C1CCCC1.CC(C)C(N)C(=O)OCCCC(C)(C)C. The van der Waals surface area contributed by atoms with Gasteiger partial charge in [-0.15, -0.1) is 0 Å². The Labute approximate surface area is 185 Å². The summed E-state index contributed by atoms with van der Waals surface area (Å²) in [4.78, 5) is 22.9. The third-order valence-electron chi connectivity index (χ3n) is 5.31. The minimum Gasteiger partial charge on any atom is -0.465 e. The predicted octanol–water partition coefficient (Wildman–Crippen LogP) is 5.89. The molecule has 0 amide bonds. The lowest BCUT2D eigenvalue weighted by atomic mass is 9.91. The molecule has 2 N–H and O–H groups in total. The number of esters is 2. The van der Waals surface area contributed by atoms with Crippen LogP contribution in [0.5, 0.6) is 0 Å². The highest BCUT2D eigenvalue weighted by molar-refractivity contribution is 5.75. The third-order valence-corrected chi connectivity index (χ3v) is 5.31. The molecule has 5 nitrogen and oxygen atoms in total. The van der Waals surface area contributed by atoms with Gasteiger partial charge in [0.25, 0.3) is 0 Å². The van der Waals surface area contributed by atoms with Crippen molar-refractivity contribution in [2.75, 3.05) is 13.2 Å². The van der Waals surface area contributed by atoms with Crippen LogP contribution >= 0.6 is 0 Å². The van der Waals surface area contributed by atoms with Gasteiger partial charge < -0.3 is 15.2 Å². The topological polar surface area (TPSA) is 78.6 Å². The van der Waals surface area contributed by atoms with Crippen LogP contribution in [0.25, 0.3) is 0 Å². The van der Waals surface area contributed by atoms with E-state index in [1.807, 2.05) is 13.8 Å². The van der Waals surface area contributed by atoms with Crippen molar-refractivity contribution in [2.45, 2.75) is 113 Å². The summed E-state index contributed by atoms with van der Waals surface area (Å²) in [6, 6.07) is -0.486. The number of hydrogen-bond acceptors (Lipinski definition) is 5. The monoisotopic (exact) mass is 427 g/mol. The lowest BCUT2D eigenvalue weighted by Crippen LogP contribution is -2.37. The summed E-state index contributed by atoms with van der Waals surface area (Å²) in [5, 5.41) is 0. The van der Waals surface area contributed by atoms with Gasteiger partial charge in [0, 0.05) is 0 Å². The molecule has 0 bridgehead atoms. The molecule has 1 aliphatic carbocycles. The van der Waals surface area contributed by atoms with E-state index in [0.29, 0.717) is 24.0 Å². The zero-order valence-corrected chi connectivity index (χ0v) is 21.0. The van der Waals surface area contributed by atoms with Crippen molar-refractivity contribution in [1.82, 2.24) is 0 Å². The average molecular weight is 428 g/mol. The molecule has 178 valence electrons. The van der Waals surface area contributed by atoms with E-state index in [0.717, 1.165) is 38.5 Å². The molecule has 0 spiro atoms. The lowest BCUT2D eigenvalue weighted by Gasteiger charge is -2.18. The molecular formula is C25H49NO4. The van der Waals surface area contributed by atoms with Gasteiger partial charge in [0.15, 0.2) is 0 Å². The van der Waals surface area contributed by atoms with Crippen LogP contribution in [0.3, 0.4) is 0 Å². The zero-order valence-electron chi connectivity index (χ0n) is 21.0. The molecule has 1 saturated carbocycles. The Kier molecular flexibility index (Phi) is 13.5. The molecule has 1 aliphatic rings. The first-order valence-corrected chi connectivity index (χ1v) is 11.8. The number of ether oxygens (including phenoxy) is 2. The fraction of sp³-hybridized carbons (Fsp3) is 0.920. The summed E-state index contributed by atoms with van der Waals surface area (Å²) in [6.07, 6.45) is 8.53. The molecule has 1 unspecified atom stereocenters. The van der Waals surface area contributed by atoms with Crippen molar-refractivity contribution in [2.24, 2.45) is 28.4 Å². The van der Waals surface area contributed by atoms with Crippen LogP contribution in [-0.2, 0) is 19.1 Å². The Morgan fingerprint density at radius 2 is 1.30 bits per heavy atom. The molecule has 0 heterocycles. The fourth-order valence-electron chi connectivity index (χ4n) is 3.20. The van der Waals surface area contributed by atoms with E-state index in [-0.39, 0.29) is 23.8 Å². The van der Waals surface area contributed by atoms with Gasteiger partial charge in [-0.05, 0) is 55.3 Å². The maximum Gasteiger partial charge on any atom is 0.323 e. The van der Waals surface area contributed by atoms with Crippen molar-refractivity contribution < 1.29 is 19.1 Å². The van der Waals surface area contributed by atoms with Crippen molar-refractivity contribution in [3.05, 3.63) is 0 Å². The minimum atomic E-state index is -0.486. The normalized spacial score (nSPS) is 16.1. The van der Waals surface area contributed by atoms with Gasteiger partial charge in [0.05, 0.1) is 19.1 Å². The Balaban J connectivity index is 0.000000561. The Morgan fingerprint density at radius 3 is 1.70 bits per heavy atom. The highest BCUT2D eigenvalue weighted by atomic mass is 16.5. The molecule has 0 aliphatic heterocycles. The number of carbonyl (C=O) groups excluding carboxylic acids is 2. The van der Waals surface area contributed by atoms with Crippen LogP contribution in [0.2, 0.25) is 0 Å². The molecule has 1 fully saturated rings. The standard InChI is InChI=1S/C13H24O2.C12H25NO2/c1-13(2,3)9-6-10-15-12(14)11-7-4-5-8-11;1-9(2)10(13)11(14)15-8-6-7-12(3,4)5/h11H,4-10H2,1-3H3;9-10H,6-8,13H2,1-5H3. The van der Waals surface area contributed by atoms with E-state index < -0.39 is 6.04 Å². The van der Waals surface area contributed by atoms with Crippen LogP contribution in [-0.4, -0.2) is 31.2 Å². The van der Waals surface area contributed by atoms with Gasteiger partial charge in [0.1, 0.15) is 6.04 Å². The van der Waals surface area contributed by atoms with E-state index in [1.54, 1.807) is 0 Å². The van der Waals surface area contributed by atoms with Crippen molar-refractivity contribution in [3.63, 3.8) is 0 Å². The fourth-order valence-corrected chi connectivity index (χ4v) is 3.20. The van der Waals surface area contributed by atoms with E-state index in [4.69, 9.17) is 15.2 Å². The highest BCUT2D eigenvalue weighted by Gasteiger charge is 2.24. The van der Waals surface area contributed by atoms with Crippen molar-refractivity contribution in [3.8, 4) is 0 Å². The van der Waals surface area contributed by atoms with E-state index in [9.17, 15) is 9.59 Å². The molecular weight excluding hydrogens is 378 g/mol. The second kappa shape index (κ2) is 14.1. The van der Waals surface area contributed by atoms with Crippen LogP contribution in [0.1, 0.15) is 107 Å². The summed E-state index contributed by atoms with van der Waals surface area (Å²) in [6.45, 7) is 18.1. The van der Waals surface area contributed by atoms with E-state index in [1.165, 1.54) is 12.8 Å². The molecule has 0 radical (unpaired) electrons. The Morgan fingerprint density at radius 1 is 0.867 bits per heavy atom. The summed E-state index contributed by atoms with van der Waals surface area (Å²) in [5.74, 6) is 0.111. The number of carbonyl (C=O) groups is 2. The molecule has 0 aromatic carbocycles. The predicted molar refractivity (Wildman–Crippen MR) is 124 cm³/mol. The van der Waals surface area contributed by atoms with Gasteiger partial charge in [-0.3, -0.25) is 9.59 Å². The average Bonchev–Trinajstić information content (AvgIpc) is 3.15. The summed E-state index contributed by atoms with van der Waals surface area (Å²) in [5.41, 5.74) is 6.30. The van der Waals surface area contributed by atoms with Crippen molar-refractivity contribution in [1.29, 1.82) is 0 Å². The molecule has 0 aromatic heterocycles. The van der Waals surface area contributed by atoms with Gasteiger partial charge in [-0.25, -0.2) is 0 Å². The van der Waals surface area contributed by atoms with Crippen LogP contribution in [0.15, 0.2) is 0 Å². The summed E-state index contributed by atoms with van der Waals surface area (Å²) in [7, 11) is 0. The number of hydrogen-bond donors (Lipinski definition) is 1. The van der Waals surface area contributed by atoms with Gasteiger partial charge >= 0.3 is 11.9 Å². The van der Waals surface area contributed by atoms with Crippen LogP contribution < -0.4 is 5.73 Å². The van der Waals surface area contributed by atoms with E-state index >= 15 is 0 Å². The van der Waals surface area contributed by atoms with Gasteiger partial charge in [-0.1, -0.05) is 68.2 Å². The maximum atomic E-state index is 11.5. The number of nitrogens with two attached hydrogens (primary N) is 1. The smallest absolute Gasteiger partial charge is 0.323 e. The molecule has 5 heteroatoms. The quantitative estimate of drug-likeness (QED) is 0.367. The molecule has 30 heavy (non-hydrogen) atoms. The second-order valence-electron chi connectivity index (χ2n) is 11.4. The lowest BCUT2D eigenvalue weighted by molar-refractivity contribution is -0.148. The van der Waals surface area contributed by atoms with E-state index in [2.05, 4.69) is 41.5 Å². The van der Waals surface area contributed by atoms with Crippen molar-refractivity contribution >= 4 is 11.9 Å². The summed E-state index contributed by atoms with van der Waals surface area (Å²) >= 11 is 0. The third kappa shape index (κ3) is 15.7. The number of rotatable bonds is 9. The first-order valence-electron chi connectivity index (χ1n) is 11.8. The largest absolute Gasteiger partial charge is 0.465 e. The highest BCUT2D eigenvalue weighted by Crippen LogP contribution is 2.26. The molecule has 1 atom stereocenters. The Hall–Kier alpha value is -1.10. The first-order chi connectivity index (χ1) is 13.7. The first kappa shape index (κ1) is 28.9. The maximum absolute atomic E-state index is 11.5. The minimum absolute atomic E-state index is 0.0430. The molecule has 0 saturated heterocycles. The summed E-state index contributed by atoms with van der Waals surface area (Å²) < 4.78 is 10.4. The van der Waals surface area contributed by atoms with Gasteiger partial charge in [-0.2, -0.15) is 0 Å². The van der Waals surface area contributed by atoms with Gasteiger partial charge in [0.2, 0.25) is 0 Å². The Bertz CT molecular complexity index is 450. The van der Waals surface area contributed by atoms with Crippen LogP contribution in [0, 0.1) is 22.7 Å². The molecule has 1 rings (SSSR count). The van der Waals surface area contributed by atoms with Crippen LogP contribution in [0.4, 0.5) is 0 Å². The molecule has 0 aromatic rings. The zero-order chi connectivity index (χ0) is 23.4. The second-order valence-corrected chi connectivity index (χ2v) is 11.4.